The molecule has 0 N–H and O–H groups in total. The fourth-order valence-electron chi connectivity index (χ4n) is 2.56. The van der Waals surface area contributed by atoms with Gasteiger partial charge >= 0.3 is 5.97 Å². The van der Waals surface area contributed by atoms with Gasteiger partial charge in [-0.2, -0.15) is 4.99 Å². The van der Waals surface area contributed by atoms with E-state index in [1.54, 1.807) is 0 Å². The van der Waals surface area contributed by atoms with E-state index in [-0.39, 0.29) is 24.2 Å². The first-order valence-electron chi connectivity index (χ1n) is 7.65. The number of carbonyl (C=O) groups excluding carboxylic acids is 4. The summed E-state index contributed by atoms with van der Waals surface area (Å²) in [6.45, 7) is -0.672. The zero-order chi connectivity index (χ0) is 18.8. The zero-order valence-electron chi connectivity index (χ0n) is 13.7. The van der Waals surface area contributed by atoms with Crippen LogP contribution < -0.4 is 4.80 Å². The summed E-state index contributed by atoms with van der Waals surface area (Å²) in [7, 11) is 1.23. The molecule has 1 aromatic heterocycles. The molecular formula is C16H14FN3O5S. The number of carbonyl (C=O) groups is 4. The van der Waals surface area contributed by atoms with E-state index in [9.17, 15) is 23.6 Å². The number of hydrogen-bond acceptors (Lipinski definition) is 6. The van der Waals surface area contributed by atoms with E-state index in [1.165, 1.54) is 29.9 Å². The minimum absolute atomic E-state index is 0.0800. The molecule has 0 saturated carbocycles. The molecule has 3 rings (SSSR count). The smallest absolute Gasteiger partial charge is 0.325 e. The maximum absolute atomic E-state index is 13.5. The number of esters is 1. The maximum atomic E-state index is 13.5. The molecule has 0 atom stereocenters. The molecule has 1 saturated heterocycles. The Kier molecular flexibility index (Phi) is 4.94. The van der Waals surface area contributed by atoms with Gasteiger partial charge in [0.1, 0.15) is 18.9 Å². The quantitative estimate of drug-likeness (QED) is 0.572. The van der Waals surface area contributed by atoms with Crippen LogP contribution in [0.15, 0.2) is 23.2 Å². The van der Waals surface area contributed by atoms with Crippen molar-refractivity contribution in [2.75, 3.05) is 13.7 Å². The number of halogens is 1. The van der Waals surface area contributed by atoms with Crippen molar-refractivity contribution in [1.29, 1.82) is 0 Å². The van der Waals surface area contributed by atoms with Gasteiger partial charge in [0.25, 0.3) is 5.91 Å². The highest BCUT2D eigenvalue weighted by molar-refractivity contribution is 7.16. The number of rotatable bonds is 4. The SMILES string of the molecule is COC(=O)Cn1c(=NC(=O)CN2C(=O)CCC2=O)sc2cc(F)ccc21. The highest BCUT2D eigenvalue weighted by Crippen LogP contribution is 2.19. The molecule has 1 aromatic carbocycles. The third-order valence-corrected chi connectivity index (χ3v) is 4.87. The van der Waals surface area contributed by atoms with E-state index < -0.39 is 36.1 Å². The van der Waals surface area contributed by atoms with Gasteiger partial charge in [-0.1, -0.05) is 11.3 Å². The summed E-state index contributed by atoms with van der Waals surface area (Å²) in [6.07, 6.45) is 0.160. The van der Waals surface area contributed by atoms with Gasteiger partial charge in [-0.25, -0.2) is 4.39 Å². The average molecular weight is 379 g/mol. The molecule has 2 heterocycles. The van der Waals surface area contributed by atoms with Crippen LogP contribution in [0.4, 0.5) is 4.39 Å². The molecule has 0 spiro atoms. The van der Waals surface area contributed by atoms with Crippen LogP contribution in [0.3, 0.4) is 0 Å². The second-order valence-electron chi connectivity index (χ2n) is 5.54. The van der Waals surface area contributed by atoms with E-state index >= 15 is 0 Å². The van der Waals surface area contributed by atoms with Crippen molar-refractivity contribution in [2.45, 2.75) is 19.4 Å². The number of imide groups is 1. The lowest BCUT2D eigenvalue weighted by atomic mass is 10.3. The molecule has 0 aliphatic carbocycles. The molecule has 1 fully saturated rings. The molecule has 0 radical (unpaired) electrons. The summed E-state index contributed by atoms with van der Waals surface area (Å²) < 4.78 is 20.0. The van der Waals surface area contributed by atoms with Crippen molar-refractivity contribution < 1.29 is 28.3 Å². The van der Waals surface area contributed by atoms with Crippen LogP contribution in [0, 0.1) is 5.82 Å². The molecule has 1 aliphatic rings. The van der Waals surface area contributed by atoms with Crippen molar-refractivity contribution in [1.82, 2.24) is 9.47 Å². The maximum Gasteiger partial charge on any atom is 0.325 e. The first-order chi connectivity index (χ1) is 12.4. The Balaban J connectivity index is 1.99. The van der Waals surface area contributed by atoms with E-state index in [1.807, 2.05) is 0 Å². The van der Waals surface area contributed by atoms with Crippen LogP contribution in [0.2, 0.25) is 0 Å². The van der Waals surface area contributed by atoms with Crippen molar-refractivity contribution in [2.24, 2.45) is 4.99 Å². The number of methoxy groups -OCH3 is 1. The standard InChI is InChI=1S/C16H14FN3O5S/c1-25-15(24)8-19-10-3-2-9(17)6-11(10)26-16(19)18-12(21)7-20-13(22)4-5-14(20)23/h2-3,6H,4-5,7-8H2,1H3. The number of benzene rings is 1. The lowest BCUT2D eigenvalue weighted by molar-refractivity contribution is -0.142. The first kappa shape index (κ1) is 17.9. The molecule has 1 aliphatic heterocycles. The molecule has 3 amide bonds. The summed E-state index contributed by atoms with van der Waals surface area (Å²) in [5.41, 5.74) is 0.515. The summed E-state index contributed by atoms with van der Waals surface area (Å²) in [5.74, 6) is -2.57. The Hall–Kier alpha value is -2.88. The van der Waals surface area contributed by atoms with E-state index in [2.05, 4.69) is 9.73 Å². The molecule has 0 bridgehead atoms. The minimum atomic E-state index is -0.709. The van der Waals surface area contributed by atoms with Crippen molar-refractivity contribution in [3.8, 4) is 0 Å². The van der Waals surface area contributed by atoms with Gasteiger partial charge in [-0.15, -0.1) is 0 Å². The normalized spacial score (nSPS) is 15.2. The number of amides is 3. The summed E-state index contributed by atoms with van der Waals surface area (Å²) >= 11 is 1.02. The molecule has 2 aromatic rings. The minimum Gasteiger partial charge on any atom is -0.468 e. The largest absolute Gasteiger partial charge is 0.468 e. The summed E-state index contributed by atoms with van der Waals surface area (Å²) in [4.78, 5) is 52.0. The monoisotopic (exact) mass is 379 g/mol. The first-order valence-corrected chi connectivity index (χ1v) is 8.47. The molecular weight excluding hydrogens is 365 g/mol. The lowest BCUT2D eigenvalue weighted by Gasteiger charge is -2.10. The predicted molar refractivity (Wildman–Crippen MR) is 88.3 cm³/mol. The predicted octanol–water partition coefficient (Wildman–Crippen LogP) is 0.591. The van der Waals surface area contributed by atoms with Crippen molar-refractivity contribution >= 4 is 45.2 Å². The molecule has 136 valence electrons. The molecule has 26 heavy (non-hydrogen) atoms. The van der Waals surface area contributed by atoms with Gasteiger partial charge in [0.05, 0.1) is 17.3 Å². The topological polar surface area (TPSA) is 98.0 Å². The number of aromatic nitrogens is 1. The number of nitrogens with zero attached hydrogens (tertiary/aromatic N) is 3. The Bertz CT molecular complexity index is 977. The molecule has 10 heteroatoms. The van der Waals surface area contributed by atoms with Crippen molar-refractivity contribution in [3.05, 3.63) is 28.8 Å². The van der Waals surface area contributed by atoms with E-state index in [0.717, 1.165) is 16.2 Å². The molecule has 0 unspecified atom stereocenters. The lowest BCUT2D eigenvalue weighted by Crippen LogP contribution is -2.34. The van der Waals surface area contributed by atoms with Gasteiger partial charge in [0.15, 0.2) is 4.80 Å². The number of thiazole rings is 1. The van der Waals surface area contributed by atoms with Gasteiger partial charge in [-0.05, 0) is 18.2 Å². The van der Waals surface area contributed by atoms with Gasteiger partial charge in [0, 0.05) is 12.8 Å². The third-order valence-electron chi connectivity index (χ3n) is 3.83. The number of ether oxygens (including phenoxy) is 1. The second-order valence-corrected chi connectivity index (χ2v) is 6.55. The van der Waals surface area contributed by atoms with Gasteiger partial charge in [0.2, 0.25) is 11.8 Å². The Labute approximate surface area is 150 Å². The third kappa shape index (κ3) is 3.54. The molecule has 8 nitrogen and oxygen atoms in total. The number of hydrogen-bond donors (Lipinski definition) is 0. The van der Waals surface area contributed by atoms with Crippen LogP contribution >= 0.6 is 11.3 Å². The van der Waals surface area contributed by atoms with Crippen LogP contribution in [0.25, 0.3) is 10.2 Å². The van der Waals surface area contributed by atoms with E-state index in [4.69, 9.17) is 0 Å². The highest BCUT2D eigenvalue weighted by Gasteiger charge is 2.30. The second kappa shape index (κ2) is 7.16. The summed E-state index contributed by atoms with van der Waals surface area (Å²) in [5, 5.41) is 0. The van der Waals surface area contributed by atoms with E-state index in [0.29, 0.717) is 10.2 Å². The van der Waals surface area contributed by atoms with Crippen LogP contribution in [-0.2, 0) is 30.5 Å². The van der Waals surface area contributed by atoms with Gasteiger partial charge in [-0.3, -0.25) is 24.1 Å². The fourth-order valence-corrected chi connectivity index (χ4v) is 3.63. The Morgan fingerprint density at radius 2 is 1.92 bits per heavy atom. The fraction of sp³-hybridized carbons (Fsp3) is 0.312. The number of fused-ring (bicyclic) bond motifs is 1. The van der Waals surface area contributed by atoms with Crippen LogP contribution in [0.5, 0.6) is 0 Å². The zero-order valence-corrected chi connectivity index (χ0v) is 14.5. The van der Waals surface area contributed by atoms with Crippen LogP contribution in [0.1, 0.15) is 12.8 Å². The average Bonchev–Trinajstić information content (AvgIpc) is 3.08. The Morgan fingerprint density at radius 3 is 2.58 bits per heavy atom. The summed E-state index contributed by atoms with van der Waals surface area (Å²) in [6, 6.07) is 3.97. The van der Waals surface area contributed by atoms with Crippen LogP contribution in [-0.4, -0.2) is 46.8 Å². The highest BCUT2D eigenvalue weighted by atomic mass is 32.1. The van der Waals surface area contributed by atoms with Gasteiger partial charge < -0.3 is 9.30 Å². The number of likely N-dealkylation sites (tertiary alicyclic amines) is 1. The Morgan fingerprint density at radius 1 is 1.23 bits per heavy atom. The van der Waals surface area contributed by atoms with Crippen molar-refractivity contribution in [3.63, 3.8) is 0 Å².